The van der Waals surface area contributed by atoms with Gasteiger partial charge >= 0.3 is 0 Å². The average molecular weight is 544 g/mol. The molecule has 1 unspecified atom stereocenters. The number of hydrogen-bond acceptors (Lipinski definition) is 7. The third-order valence-electron chi connectivity index (χ3n) is 6.55. The maximum atomic E-state index is 13.6. The second kappa shape index (κ2) is 11.9. The number of ether oxygens (including phenoxy) is 2. The first-order chi connectivity index (χ1) is 18.0. The van der Waals surface area contributed by atoms with E-state index in [1.54, 1.807) is 30.1 Å². The van der Waals surface area contributed by atoms with Crippen molar-refractivity contribution in [3.8, 4) is 5.75 Å². The van der Waals surface area contributed by atoms with Crippen molar-refractivity contribution in [3.63, 3.8) is 0 Å². The molecule has 196 valence electrons. The van der Waals surface area contributed by atoms with Crippen LogP contribution in [0.1, 0.15) is 21.5 Å². The van der Waals surface area contributed by atoms with Gasteiger partial charge in [-0.15, -0.1) is 0 Å². The Hall–Kier alpha value is -2.56. The zero-order valence-corrected chi connectivity index (χ0v) is 22.0. The lowest BCUT2D eigenvalue weighted by Gasteiger charge is -2.30. The number of nitrogens with one attached hydrogen (secondary N) is 1. The lowest BCUT2D eigenvalue weighted by molar-refractivity contribution is 0.0341. The molecule has 2 aromatic carbocycles. The van der Waals surface area contributed by atoms with Crippen molar-refractivity contribution in [1.29, 1.82) is 0 Å². The van der Waals surface area contributed by atoms with Gasteiger partial charge in [0.25, 0.3) is 5.91 Å². The van der Waals surface area contributed by atoms with E-state index >= 15 is 0 Å². The zero-order chi connectivity index (χ0) is 25.8. The number of nitrogens with zero attached hydrogens (tertiary/aromatic N) is 2. The minimum atomic E-state index is -0.413. The Balaban J connectivity index is 1.47. The van der Waals surface area contributed by atoms with Gasteiger partial charge in [0.1, 0.15) is 17.4 Å². The molecule has 37 heavy (non-hydrogen) atoms. The summed E-state index contributed by atoms with van der Waals surface area (Å²) >= 11 is 7.58. The van der Waals surface area contributed by atoms with Crippen LogP contribution in [-0.4, -0.2) is 71.0 Å². The lowest BCUT2D eigenvalue weighted by Crippen LogP contribution is -2.36. The Morgan fingerprint density at radius 3 is 2.70 bits per heavy atom. The van der Waals surface area contributed by atoms with Crippen molar-refractivity contribution in [1.82, 2.24) is 14.8 Å². The lowest BCUT2D eigenvalue weighted by atomic mass is 10.0. The number of aromatic nitrogens is 1. The van der Waals surface area contributed by atoms with E-state index in [2.05, 4.69) is 10.2 Å². The fourth-order valence-corrected chi connectivity index (χ4v) is 5.60. The van der Waals surface area contributed by atoms with Gasteiger partial charge in [0.05, 0.1) is 37.3 Å². The number of thioether (sulfide) groups is 1. The number of benzene rings is 2. The summed E-state index contributed by atoms with van der Waals surface area (Å²) < 4.78 is 13.8. The second-order valence-electron chi connectivity index (χ2n) is 9.25. The van der Waals surface area contributed by atoms with E-state index in [4.69, 9.17) is 21.1 Å². The fraction of sp³-hybridized carbons (Fsp3) is 0.407. The van der Waals surface area contributed by atoms with Gasteiger partial charge in [-0.25, -0.2) is 0 Å². The zero-order valence-electron chi connectivity index (χ0n) is 20.5. The van der Waals surface area contributed by atoms with Crippen LogP contribution in [0.4, 0.5) is 0 Å². The van der Waals surface area contributed by atoms with Gasteiger partial charge in [-0.05, 0) is 35.4 Å². The van der Waals surface area contributed by atoms with Gasteiger partial charge < -0.3 is 24.5 Å². The number of carbonyl (C=O) groups is 1. The van der Waals surface area contributed by atoms with E-state index < -0.39 is 5.91 Å². The number of carbonyl (C=O) groups excluding carboxylic acids is 1. The van der Waals surface area contributed by atoms with Crippen LogP contribution in [0.25, 0.3) is 10.9 Å². The standard InChI is InChI=1S/C27H30ClN3O5S/c28-20-3-1-18(2-4-20)13-29-27(34)23-16-31-15-21(17-37-10-7-32)36-24-12-19(11-22(25(24)31)26(23)33)14-30-5-8-35-9-6-30/h1-4,11-12,16,21,32H,5-10,13-15,17H2,(H,29,34). The van der Waals surface area contributed by atoms with Crippen LogP contribution in [0.3, 0.4) is 0 Å². The molecule has 0 saturated carbocycles. The fourth-order valence-electron chi connectivity index (χ4n) is 4.74. The first kappa shape index (κ1) is 26.1. The molecule has 2 aliphatic heterocycles. The summed E-state index contributed by atoms with van der Waals surface area (Å²) in [6.07, 6.45) is 1.51. The summed E-state index contributed by atoms with van der Waals surface area (Å²) in [6, 6.07) is 11.1. The summed E-state index contributed by atoms with van der Waals surface area (Å²) in [5.41, 5.74) is 2.38. The highest BCUT2D eigenvalue weighted by Gasteiger charge is 2.26. The summed E-state index contributed by atoms with van der Waals surface area (Å²) in [4.78, 5) is 29.1. The van der Waals surface area contributed by atoms with Crippen molar-refractivity contribution < 1.29 is 19.4 Å². The van der Waals surface area contributed by atoms with E-state index in [-0.39, 0.29) is 23.7 Å². The third-order valence-corrected chi connectivity index (χ3v) is 7.88. The Bertz CT molecular complexity index is 1320. The number of halogens is 1. The SMILES string of the molecule is O=C(NCc1ccc(Cl)cc1)c1cn2c3c(cc(CN4CCOCC4)cc3c1=O)OC(CSCCO)C2. The first-order valence-corrected chi connectivity index (χ1v) is 13.9. The molecule has 0 aliphatic carbocycles. The summed E-state index contributed by atoms with van der Waals surface area (Å²) in [5, 5.41) is 13.2. The van der Waals surface area contributed by atoms with E-state index in [1.807, 2.05) is 28.8 Å². The minimum Gasteiger partial charge on any atom is -0.485 e. The molecule has 3 aromatic rings. The van der Waals surface area contributed by atoms with Crippen LogP contribution in [-0.2, 0) is 24.4 Å². The molecule has 0 radical (unpaired) electrons. The molecule has 8 nitrogen and oxygen atoms in total. The number of rotatable bonds is 9. The molecular weight excluding hydrogens is 514 g/mol. The molecule has 2 N–H and O–H groups in total. The predicted octanol–water partition coefficient (Wildman–Crippen LogP) is 2.90. The van der Waals surface area contributed by atoms with E-state index in [0.717, 1.165) is 24.2 Å². The van der Waals surface area contributed by atoms with Crippen molar-refractivity contribution >= 4 is 40.2 Å². The molecule has 3 heterocycles. The van der Waals surface area contributed by atoms with Crippen LogP contribution in [0.5, 0.6) is 5.75 Å². The van der Waals surface area contributed by atoms with Crippen LogP contribution in [0.2, 0.25) is 5.02 Å². The molecular formula is C27H30ClN3O5S. The van der Waals surface area contributed by atoms with Gasteiger partial charge in [-0.2, -0.15) is 11.8 Å². The Labute approximate surface area is 224 Å². The quantitative estimate of drug-likeness (QED) is 0.401. The number of aliphatic hydroxyl groups is 1. The third kappa shape index (κ3) is 6.13. The summed E-state index contributed by atoms with van der Waals surface area (Å²) in [6.45, 7) is 4.61. The van der Waals surface area contributed by atoms with Crippen LogP contribution >= 0.6 is 23.4 Å². The molecule has 1 aromatic heterocycles. The smallest absolute Gasteiger partial charge is 0.257 e. The maximum absolute atomic E-state index is 13.6. The molecule has 0 spiro atoms. The summed E-state index contributed by atoms with van der Waals surface area (Å²) in [7, 11) is 0. The molecule has 10 heteroatoms. The van der Waals surface area contributed by atoms with Crippen LogP contribution < -0.4 is 15.5 Å². The highest BCUT2D eigenvalue weighted by atomic mass is 35.5. The topological polar surface area (TPSA) is 93.0 Å². The average Bonchev–Trinajstić information content (AvgIpc) is 2.90. The number of morpholine rings is 1. The van der Waals surface area contributed by atoms with Crippen LogP contribution in [0, 0.1) is 0 Å². The van der Waals surface area contributed by atoms with Crippen molar-refractivity contribution in [3.05, 3.63) is 74.5 Å². The van der Waals surface area contributed by atoms with Gasteiger partial charge in [-0.1, -0.05) is 23.7 Å². The Morgan fingerprint density at radius 1 is 1.16 bits per heavy atom. The van der Waals surface area contributed by atoms with E-state index in [9.17, 15) is 14.7 Å². The highest BCUT2D eigenvalue weighted by Crippen LogP contribution is 2.32. The van der Waals surface area contributed by atoms with Gasteiger partial charge in [-0.3, -0.25) is 14.5 Å². The monoisotopic (exact) mass is 543 g/mol. The van der Waals surface area contributed by atoms with Crippen LogP contribution in [0.15, 0.2) is 47.4 Å². The number of pyridine rings is 1. The molecule has 1 saturated heterocycles. The van der Waals surface area contributed by atoms with Gasteiger partial charge in [0, 0.05) is 48.9 Å². The van der Waals surface area contributed by atoms with E-state index in [0.29, 0.717) is 66.0 Å². The Kier molecular flexibility index (Phi) is 8.36. The van der Waals surface area contributed by atoms with Crippen molar-refractivity contribution in [2.45, 2.75) is 25.7 Å². The van der Waals surface area contributed by atoms with Gasteiger partial charge in [0.15, 0.2) is 0 Å². The second-order valence-corrected chi connectivity index (χ2v) is 10.8. The minimum absolute atomic E-state index is 0.109. The van der Waals surface area contributed by atoms with Gasteiger partial charge in [0.2, 0.25) is 5.43 Å². The number of amides is 1. The molecule has 1 amide bonds. The molecule has 0 bridgehead atoms. The first-order valence-electron chi connectivity index (χ1n) is 12.4. The van der Waals surface area contributed by atoms with Crippen molar-refractivity contribution in [2.75, 3.05) is 44.4 Å². The molecule has 1 atom stereocenters. The molecule has 5 rings (SSSR count). The van der Waals surface area contributed by atoms with Crippen molar-refractivity contribution in [2.24, 2.45) is 0 Å². The normalized spacial score (nSPS) is 17.5. The molecule has 2 aliphatic rings. The Morgan fingerprint density at radius 2 is 1.95 bits per heavy atom. The largest absolute Gasteiger partial charge is 0.485 e. The number of hydrogen-bond donors (Lipinski definition) is 2. The maximum Gasteiger partial charge on any atom is 0.257 e. The number of aliphatic hydroxyl groups excluding tert-OH is 1. The summed E-state index contributed by atoms with van der Waals surface area (Å²) in [5.74, 6) is 1.57. The molecule has 1 fully saturated rings. The van der Waals surface area contributed by atoms with E-state index in [1.165, 1.54) is 0 Å². The highest BCUT2D eigenvalue weighted by molar-refractivity contribution is 7.99. The predicted molar refractivity (Wildman–Crippen MR) is 146 cm³/mol.